The highest BCUT2D eigenvalue weighted by Crippen LogP contribution is 2.30. The highest BCUT2D eigenvalue weighted by atomic mass is 35.5. The largest absolute Gasteiger partial charge is 1.00 e. The van der Waals surface area contributed by atoms with Gasteiger partial charge in [-0.15, -0.1) is 0 Å². The summed E-state index contributed by atoms with van der Waals surface area (Å²) in [7, 11) is 3.93. The van der Waals surface area contributed by atoms with E-state index in [4.69, 9.17) is 9.47 Å². The molecule has 0 amide bonds. The maximum Gasteiger partial charge on any atom is 0.164 e. The molecular weight excluding hydrogens is 290 g/mol. The Kier molecular flexibility index (Phi) is 7.54. The maximum atomic E-state index is 12.1. The van der Waals surface area contributed by atoms with Gasteiger partial charge in [0.25, 0.3) is 0 Å². The molecule has 0 saturated heterocycles. The summed E-state index contributed by atoms with van der Waals surface area (Å²) >= 11 is 0. The summed E-state index contributed by atoms with van der Waals surface area (Å²) in [5, 5.41) is 0. The Morgan fingerprint density at radius 1 is 1.10 bits per heavy atom. The molecule has 0 radical (unpaired) electrons. The molecule has 4 nitrogen and oxygen atoms in total. The Morgan fingerprint density at radius 2 is 1.76 bits per heavy atom. The first-order valence-electron chi connectivity index (χ1n) is 7.24. The van der Waals surface area contributed by atoms with Crippen LogP contribution in [0.3, 0.4) is 0 Å². The SMILES string of the molecule is CN(C)CCC(=O)c1ccc2c(c1)OCCCCCO2.[Cl-]. The van der Waals surface area contributed by atoms with E-state index in [1.54, 1.807) is 0 Å². The predicted molar refractivity (Wildman–Crippen MR) is 78.8 cm³/mol. The standard InChI is InChI=1S/C16H23NO3.ClH/c1-17(2)9-8-14(18)13-6-7-15-16(12-13)20-11-5-3-4-10-19-15;/h6-7,12H,3-5,8-11H2,1-2H3;1H/p-1. The molecule has 2 rings (SSSR count). The zero-order valence-corrected chi connectivity index (χ0v) is 13.5. The highest BCUT2D eigenvalue weighted by molar-refractivity contribution is 5.96. The fourth-order valence-corrected chi connectivity index (χ4v) is 2.13. The quantitative estimate of drug-likeness (QED) is 0.720. The lowest BCUT2D eigenvalue weighted by molar-refractivity contribution is -0.0000129. The van der Waals surface area contributed by atoms with Gasteiger partial charge < -0.3 is 26.8 Å². The number of fused-ring (bicyclic) bond motifs is 1. The van der Waals surface area contributed by atoms with Gasteiger partial charge in [0.05, 0.1) is 13.2 Å². The Balaban J connectivity index is 0.00000220. The van der Waals surface area contributed by atoms with Crippen LogP contribution in [0.25, 0.3) is 0 Å². The number of ether oxygens (including phenoxy) is 2. The van der Waals surface area contributed by atoms with E-state index in [-0.39, 0.29) is 18.2 Å². The molecule has 21 heavy (non-hydrogen) atoms. The molecule has 5 heteroatoms. The number of rotatable bonds is 4. The van der Waals surface area contributed by atoms with Gasteiger partial charge in [-0.2, -0.15) is 0 Å². The topological polar surface area (TPSA) is 38.8 Å². The van der Waals surface area contributed by atoms with E-state index < -0.39 is 0 Å². The number of Topliss-reactive ketones (excluding diaryl/α,β-unsaturated/α-hetero) is 1. The number of halogens is 1. The average Bonchev–Trinajstić information content (AvgIpc) is 2.55. The van der Waals surface area contributed by atoms with E-state index in [0.717, 1.165) is 31.6 Å². The molecule has 1 aromatic carbocycles. The molecule has 0 spiro atoms. The van der Waals surface area contributed by atoms with E-state index in [1.807, 2.05) is 37.2 Å². The fraction of sp³-hybridized carbons (Fsp3) is 0.562. The second-order valence-electron chi connectivity index (χ2n) is 5.40. The van der Waals surface area contributed by atoms with Crippen LogP contribution in [-0.2, 0) is 0 Å². The predicted octanol–water partition coefficient (Wildman–Crippen LogP) is -0.233. The normalized spacial score (nSPS) is 14.6. The number of ketones is 1. The zero-order valence-electron chi connectivity index (χ0n) is 12.7. The van der Waals surface area contributed by atoms with Crippen LogP contribution in [0, 0.1) is 0 Å². The number of nitrogens with zero attached hydrogens (tertiary/aromatic N) is 1. The molecule has 0 bridgehead atoms. The van der Waals surface area contributed by atoms with E-state index in [1.165, 1.54) is 0 Å². The van der Waals surface area contributed by atoms with Gasteiger partial charge in [-0.3, -0.25) is 4.79 Å². The second kappa shape index (κ2) is 8.90. The van der Waals surface area contributed by atoms with E-state index in [9.17, 15) is 4.79 Å². The first kappa shape index (κ1) is 17.8. The van der Waals surface area contributed by atoms with Crippen molar-refractivity contribution in [2.45, 2.75) is 25.7 Å². The first-order valence-corrected chi connectivity index (χ1v) is 7.24. The van der Waals surface area contributed by atoms with Gasteiger partial charge in [0.1, 0.15) is 0 Å². The lowest BCUT2D eigenvalue weighted by Gasteiger charge is -2.13. The van der Waals surface area contributed by atoms with Crippen molar-refractivity contribution in [2.75, 3.05) is 33.9 Å². The van der Waals surface area contributed by atoms with Crippen molar-refractivity contribution in [2.24, 2.45) is 0 Å². The first-order chi connectivity index (χ1) is 9.66. The summed E-state index contributed by atoms with van der Waals surface area (Å²) in [6.07, 6.45) is 3.71. The van der Waals surface area contributed by atoms with Crippen molar-refractivity contribution in [3.05, 3.63) is 23.8 Å². The number of hydrogen-bond acceptors (Lipinski definition) is 4. The Labute approximate surface area is 132 Å². The minimum absolute atomic E-state index is 0. The molecular formula is C16H23ClNO3-. The molecule has 118 valence electrons. The summed E-state index contributed by atoms with van der Waals surface area (Å²) in [6, 6.07) is 5.50. The third kappa shape index (κ3) is 5.56. The summed E-state index contributed by atoms with van der Waals surface area (Å²) in [5.74, 6) is 1.59. The van der Waals surface area contributed by atoms with Gasteiger partial charge >= 0.3 is 0 Å². The van der Waals surface area contributed by atoms with Crippen LogP contribution in [0.4, 0.5) is 0 Å². The van der Waals surface area contributed by atoms with Gasteiger partial charge in [0.2, 0.25) is 0 Å². The molecule has 0 aliphatic carbocycles. The number of hydrogen-bond donors (Lipinski definition) is 0. The van der Waals surface area contributed by atoms with Gasteiger partial charge in [-0.1, -0.05) is 0 Å². The molecule has 1 aliphatic heterocycles. The third-order valence-corrected chi connectivity index (χ3v) is 3.36. The Bertz CT molecular complexity index is 463. The minimum Gasteiger partial charge on any atom is -1.00 e. The monoisotopic (exact) mass is 312 g/mol. The van der Waals surface area contributed by atoms with E-state index >= 15 is 0 Å². The van der Waals surface area contributed by atoms with Crippen LogP contribution >= 0.6 is 0 Å². The Hall–Kier alpha value is -1.26. The van der Waals surface area contributed by atoms with Crippen molar-refractivity contribution in [3.63, 3.8) is 0 Å². The summed E-state index contributed by atoms with van der Waals surface area (Å²) < 4.78 is 11.4. The highest BCUT2D eigenvalue weighted by Gasteiger charge is 2.13. The zero-order chi connectivity index (χ0) is 14.4. The molecule has 0 unspecified atom stereocenters. The minimum atomic E-state index is 0. The summed E-state index contributed by atoms with van der Waals surface area (Å²) in [4.78, 5) is 14.1. The van der Waals surface area contributed by atoms with Crippen LogP contribution < -0.4 is 21.9 Å². The molecule has 1 heterocycles. The van der Waals surface area contributed by atoms with Crippen molar-refractivity contribution in [1.29, 1.82) is 0 Å². The maximum absolute atomic E-state index is 12.1. The lowest BCUT2D eigenvalue weighted by Crippen LogP contribution is -3.00. The van der Waals surface area contributed by atoms with Crippen LogP contribution in [0.15, 0.2) is 18.2 Å². The number of carbonyl (C=O) groups is 1. The fourth-order valence-electron chi connectivity index (χ4n) is 2.13. The molecule has 1 aliphatic rings. The Morgan fingerprint density at radius 3 is 2.43 bits per heavy atom. The number of benzene rings is 1. The molecule has 1 aromatic rings. The van der Waals surface area contributed by atoms with Crippen molar-refractivity contribution in [1.82, 2.24) is 4.90 Å². The molecule has 0 fully saturated rings. The number of carbonyl (C=O) groups excluding carboxylic acids is 1. The third-order valence-electron chi connectivity index (χ3n) is 3.36. The van der Waals surface area contributed by atoms with Gasteiger partial charge in [0.15, 0.2) is 17.3 Å². The molecule has 0 saturated carbocycles. The summed E-state index contributed by atoms with van der Waals surface area (Å²) in [6.45, 7) is 2.16. The van der Waals surface area contributed by atoms with Crippen molar-refractivity contribution >= 4 is 5.78 Å². The van der Waals surface area contributed by atoms with Crippen LogP contribution in [0.1, 0.15) is 36.0 Å². The van der Waals surface area contributed by atoms with Crippen LogP contribution in [0.2, 0.25) is 0 Å². The van der Waals surface area contributed by atoms with Crippen molar-refractivity contribution in [3.8, 4) is 11.5 Å². The smallest absolute Gasteiger partial charge is 0.164 e. The van der Waals surface area contributed by atoms with Crippen molar-refractivity contribution < 1.29 is 26.7 Å². The van der Waals surface area contributed by atoms with Crippen LogP contribution in [0.5, 0.6) is 11.5 Å². The average molecular weight is 313 g/mol. The van der Waals surface area contributed by atoms with E-state index in [2.05, 4.69) is 0 Å². The molecule has 0 aromatic heterocycles. The van der Waals surface area contributed by atoms with Gasteiger partial charge in [-0.05, 0) is 51.6 Å². The summed E-state index contributed by atoms with van der Waals surface area (Å²) in [5.41, 5.74) is 0.702. The molecule has 0 atom stereocenters. The second-order valence-corrected chi connectivity index (χ2v) is 5.40. The van der Waals surface area contributed by atoms with E-state index in [0.29, 0.717) is 30.9 Å². The van der Waals surface area contributed by atoms with Gasteiger partial charge in [-0.25, -0.2) is 0 Å². The van der Waals surface area contributed by atoms with Gasteiger partial charge in [0, 0.05) is 18.5 Å². The molecule has 0 N–H and O–H groups in total. The van der Waals surface area contributed by atoms with Crippen LogP contribution in [-0.4, -0.2) is 44.5 Å². The lowest BCUT2D eigenvalue weighted by atomic mass is 10.1.